The van der Waals surface area contributed by atoms with E-state index < -0.39 is 24.2 Å². The minimum atomic E-state index is -1.03. The number of hydrogen-bond donors (Lipinski definition) is 3. The number of hydrogen-bond acceptors (Lipinski definition) is 8. The molecule has 1 amide bonds. The third-order valence-corrected chi connectivity index (χ3v) is 9.34. The molecule has 6 rings (SSSR count). The summed E-state index contributed by atoms with van der Waals surface area (Å²) in [5.41, 5.74) is 3.91. The lowest BCUT2D eigenvalue weighted by atomic mass is 9.82. The van der Waals surface area contributed by atoms with Gasteiger partial charge in [-0.1, -0.05) is 52.0 Å². The number of carbonyl (C=O) groups is 1. The van der Waals surface area contributed by atoms with Crippen LogP contribution in [0.1, 0.15) is 88.2 Å². The van der Waals surface area contributed by atoms with Crippen molar-refractivity contribution in [2.45, 2.75) is 102 Å². The first-order valence-corrected chi connectivity index (χ1v) is 16.6. The van der Waals surface area contributed by atoms with E-state index in [2.05, 4.69) is 39.3 Å². The maximum atomic E-state index is 14.4. The second-order valence-electron chi connectivity index (χ2n) is 13.5. The fraction of sp³-hybridized carbons (Fsp3) is 0.543. The van der Waals surface area contributed by atoms with Crippen molar-refractivity contribution in [1.29, 1.82) is 0 Å². The van der Waals surface area contributed by atoms with E-state index in [0.29, 0.717) is 42.6 Å². The average molecular weight is 612 g/mol. The van der Waals surface area contributed by atoms with Crippen LogP contribution in [0.3, 0.4) is 0 Å². The lowest BCUT2D eigenvalue weighted by molar-refractivity contribution is -0.125. The maximum Gasteiger partial charge on any atom is 0.231 e. The molecule has 0 aromatic carbocycles. The predicted molar refractivity (Wildman–Crippen MR) is 171 cm³/mol. The van der Waals surface area contributed by atoms with Gasteiger partial charge in [0, 0.05) is 36.5 Å². The van der Waals surface area contributed by atoms with Crippen molar-refractivity contribution in [2.75, 3.05) is 0 Å². The Morgan fingerprint density at radius 1 is 0.978 bits per heavy atom. The Kier molecular flexibility index (Phi) is 9.80. The van der Waals surface area contributed by atoms with Gasteiger partial charge < -0.3 is 15.5 Å². The minimum absolute atomic E-state index is 0.0927. The number of aliphatic hydroxyl groups excluding tert-OH is 2. The molecule has 2 aliphatic rings. The molecule has 0 spiro atoms. The summed E-state index contributed by atoms with van der Waals surface area (Å²) in [6.07, 6.45) is 16.2. The number of nitrogens with zero attached hydrogens (tertiary/aromatic N) is 6. The van der Waals surface area contributed by atoms with E-state index >= 15 is 0 Å². The van der Waals surface area contributed by atoms with Gasteiger partial charge in [-0.3, -0.25) is 19.2 Å². The summed E-state index contributed by atoms with van der Waals surface area (Å²) in [5, 5.41) is 34.8. The van der Waals surface area contributed by atoms with Gasteiger partial charge in [0.05, 0.1) is 23.5 Å². The zero-order valence-electron chi connectivity index (χ0n) is 26.3. The van der Waals surface area contributed by atoms with Crippen molar-refractivity contribution >= 4 is 11.6 Å². The fourth-order valence-corrected chi connectivity index (χ4v) is 6.75. The average Bonchev–Trinajstić information content (AvgIpc) is 3.83. The van der Waals surface area contributed by atoms with E-state index in [1.54, 1.807) is 24.8 Å². The molecular formula is C35H45N7O3. The van der Waals surface area contributed by atoms with Gasteiger partial charge in [-0.05, 0) is 73.6 Å². The molecule has 0 radical (unpaired) electrons. The number of pyridine rings is 2. The number of carbonyl (C=O) groups excluding carboxylic acids is 1. The number of aromatic nitrogens is 6. The molecule has 1 unspecified atom stereocenters. The molecule has 0 bridgehead atoms. The zero-order chi connectivity index (χ0) is 31.3. The Morgan fingerprint density at radius 2 is 1.73 bits per heavy atom. The van der Waals surface area contributed by atoms with Crippen LogP contribution in [0.25, 0.3) is 16.9 Å². The number of fused-ring (bicyclic) bond motifs is 1. The van der Waals surface area contributed by atoms with Crippen LogP contribution < -0.4 is 5.32 Å². The first-order chi connectivity index (χ1) is 21.9. The summed E-state index contributed by atoms with van der Waals surface area (Å²) in [6.45, 7) is 4.28. The van der Waals surface area contributed by atoms with Gasteiger partial charge in [-0.2, -0.15) is 0 Å². The predicted octanol–water partition coefficient (Wildman–Crippen LogP) is 4.69. The highest BCUT2D eigenvalue weighted by Crippen LogP contribution is 2.36. The summed E-state index contributed by atoms with van der Waals surface area (Å²) in [5.74, 6) is 0.357. The maximum absolute atomic E-state index is 14.4. The standard InChI is InChI=1S/C35H45N7O3/c1-22(2)16-29-34-41-40-33(42(34)21-30(38-29)26-11-7-15-37-20-26)27(17-24-10-6-14-36-19-24)35(45)39-28(18-23-8-4-3-5-9-23)32(44)31(43)25-12-13-25/h6-7,10-11,14-15,19-23,25,27-28,31-32,43-44H,3-5,8-9,12-13,16-18H2,1-2H3,(H,39,45)/t27?,28-,31-,32+/m0/s1. The normalized spacial score (nSPS) is 18.5. The second kappa shape index (κ2) is 14.1. The molecule has 2 aliphatic carbocycles. The summed E-state index contributed by atoms with van der Waals surface area (Å²) < 4.78 is 1.90. The van der Waals surface area contributed by atoms with Gasteiger partial charge >= 0.3 is 0 Å². The van der Waals surface area contributed by atoms with Crippen LogP contribution in [-0.2, 0) is 17.6 Å². The Hall–Kier alpha value is -3.76. The van der Waals surface area contributed by atoms with Crippen LogP contribution in [0, 0.1) is 17.8 Å². The van der Waals surface area contributed by atoms with E-state index in [4.69, 9.17) is 4.98 Å². The Labute approximate surface area is 264 Å². The molecule has 45 heavy (non-hydrogen) atoms. The topological polar surface area (TPSA) is 138 Å². The molecule has 4 aromatic rings. The summed E-state index contributed by atoms with van der Waals surface area (Å²) >= 11 is 0. The van der Waals surface area contributed by atoms with Gasteiger partial charge in [0.15, 0.2) is 5.65 Å². The van der Waals surface area contributed by atoms with E-state index in [1.165, 1.54) is 6.42 Å². The first-order valence-electron chi connectivity index (χ1n) is 16.6. The van der Waals surface area contributed by atoms with E-state index in [0.717, 1.165) is 61.0 Å². The largest absolute Gasteiger partial charge is 0.390 e. The molecule has 238 valence electrons. The van der Waals surface area contributed by atoms with Gasteiger partial charge in [-0.15, -0.1) is 10.2 Å². The molecule has 3 N–H and O–H groups in total. The SMILES string of the molecule is CC(C)Cc1nc(-c2cccnc2)cn2c(C(Cc3cccnc3)C(=O)N[C@@H](CC3CCCCC3)[C@@H](O)[C@@H](O)C3CC3)nnc12. The van der Waals surface area contributed by atoms with Crippen LogP contribution in [-0.4, -0.2) is 63.9 Å². The van der Waals surface area contributed by atoms with Crippen molar-refractivity contribution in [1.82, 2.24) is 34.9 Å². The highest BCUT2D eigenvalue weighted by Gasteiger charge is 2.40. The number of amides is 1. The van der Waals surface area contributed by atoms with Crippen molar-refractivity contribution in [2.24, 2.45) is 17.8 Å². The lowest BCUT2D eigenvalue weighted by Gasteiger charge is -2.33. The first kappa shape index (κ1) is 31.2. The van der Waals surface area contributed by atoms with Crippen molar-refractivity contribution < 1.29 is 15.0 Å². The second-order valence-corrected chi connectivity index (χ2v) is 13.5. The van der Waals surface area contributed by atoms with Gasteiger partial charge in [0.2, 0.25) is 5.91 Å². The fourth-order valence-electron chi connectivity index (χ4n) is 6.75. The summed E-state index contributed by atoms with van der Waals surface area (Å²) in [7, 11) is 0. The molecule has 2 saturated carbocycles. The smallest absolute Gasteiger partial charge is 0.231 e. The van der Waals surface area contributed by atoms with Crippen molar-refractivity contribution in [3.8, 4) is 11.3 Å². The summed E-state index contributed by atoms with van der Waals surface area (Å²) in [4.78, 5) is 28.0. The summed E-state index contributed by atoms with van der Waals surface area (Å²) in [6, 6.07) is 7.10. The van der Waals surface area contributed by atoms with Crippen LogP contribution in [0.2, 0.25) is 0 Å². The highest BCUT2D eigenvalue weighted by atomic mass is 16.3. The quantitative estimate of drug-likeness (QED) is 0.198. The zero-order valence-corrected chi connectivity index (χ0v) is 26.3. The molecule has 0 saturated heterocycles. The highest BCUT2D eigenvalue weighted by molar-refractivity contribution is 5.83. The monoisotopic (exact) mass is 611 g/mol. The molecule has 4 atom stereocenters. The van der Waals surface area contributed by atoms with E-state index in [-0.39, 0.29) is 11.8 Å². The van der Waals surface area contributed by atoms with Crippen LogP contribution in [0.5, 0.6) is 0 Å². The molecule has 10 heteroatoms. The van der Waals surface area contributed by atoms with Crippen molar-refractivity contribution in [3.63, 3.8) is 0 Å². The third-order valence-electron chi connectivity index (χ3n) is 9.34. The van der Waals surface area contributed by atoms with Gasteiger partial charge in [0.25, 0.3) is 0 Å². The Balaban J connectivity index is 1.38. The molecule has 2 fully saturated rings. The lowest BCUT2D eigenvalue weighted by Crippen LogP contribution is -2.51. The van der Waals surface area contributed by atoms with E-state index in [1.807, 2.05) is 34.9 Å². The minimum Gasteiger partial charge on any atom is -0.390 e. The number of nitrogens with one attached hydrogen (secondary N) is 1. The number of rotatable bonds is 13. The molecular weight excluding hydrogens is 566 g/mol. The molecule has 10 nitrogen and oxygen atoms in total. The van der Waals surface area contributed by atoms with Crippen LogP contribution in [0.4, 0.5) is 0 Å². The third kappa shape index (κ3) is 7.56. The number of aliphatic hydroxyl groups is 2. The van der Waals surface area contributed by atoms with E-state index in [9.17, 15) is 15.0 Å². The van der Waals surface area contributed by atoms with Crippen molar-refractivity contribution in [3.05, 3.63) is 72.3 Å². The molecule has 4 heterocycles. The van der Waals surface area contributed by atoms with Gasteiger partial charge in [-0.25, -0.2) is 4.98 Å². The molecule has 4 aromatic heterocycles. The van der Waals surface area contributed by atoms with Crippen LogP contribution in [0.15, 0.2) is 55.2 Å². The van der Waals surface area contributed by atoms with Crippen LogP contribution >= 0.6 is 0 Å². The Morgan fingerprint density at radius 3 is 2.40 bits per heavy atom. The molecule has 0 aliphatic heterocycles. The van der Waals surface area contributed by atoms with Gasteiger partial charge in [0.1, 0.15) is 17.8 Å². The Bertz CT molecular complexity index is 1550.